The van der Waals surface area contributed by atoms with Crippen molar-refractivity contribution in [3.63, 3.8) is 0 Å². The summed E-state index contributed by atoms with van der Waals surface area (Å²) in [6.45, 7) is 0. The monoisotopic (exact) mass is 667 g/mol. The fraction of sp³-hybridized carbons (Fsp3) is 0.0213. The van der Waals surface area contributed by atoms with Crippen molar-refractivity contribution in [1.82, 2.24) is 9.55 Å². The van der Waals surface area contributed by atoms with Gasteiger partial charge in [-0.2, -0.15) is 5.26 Å². The molecule has 1 unspecified atom stereocenters. The van der Waals surface area contributed by atoms with E-state index < -0.39 is 5.41 Å². The Morgan fingerprint density at radius 1 is 0.569 bits per heavy atom. The van der Waals surface area contributed by atoms with Gasteiger partial charge in [-0.1, -0.05) is 127 Å². The standard InChI is InChI=1S/C47H29N3S/c48-29-31-19-21-32(22-20-31)38-30-51-43-28-27-40-44(45(38)43)37-15-7-8-16-39(37)47(40,34-11-3-1-4-12-34)35-25-23-33(24-26-35)46-49-41-17-9-10-18-42(41)50(46)36-13-5-2-6-14-36/h1-28,30H. The predicted molar refractivity (Wildman–Crippen MR) is 209 cm³/mol. The molecule has 238 valence electrons. The Kier molecular flexibility index (Phi) is 6.64. The molecule has 2 heterocycles. The Labute approximate surface area is 300 Å². The zero-order valence-corrected chi connectivity index (χ0v) is 28.3. The van der Waals surface area contributed by atoms with Crippen molar-refractivity contribution in [2.24, 2.45) is 0 Å². The third-order valence-electron chi connectivity index (χ3n) is 10.4. The van der Waals surface area contributed by atoms with Crippen LogP contribution >= 0.6 is 11.3 Å². The van der Waals surface area contributed by atoms with E-state index in [1.165, 1.54) is 49.0 Å². The van der Waals surface area contributed by atoms with Crippen molar-refractivity contribution < 1.29 is 0 Å². The van der Waals surface area contributed by atoms with Crippen molar-refractivity contribution in [3.8, 4) is 45.4 Å². The molecule has 4 heteroatoms. The summed E-state index contributed by atoms with van der Waals surface area (Å²) in [5, 5.41) is 13.0. The van der Waals surface area contributed by atoms with E-state index in [1.807, 2.05) is 18.2 Å². The van der Waals surface area contributed by atoms with Crippen LogP contribution in [0.5, 0.6) is 0 Å². The molecule has 51 heavy (non-hydrogen) atoms. The first-order valence-electron chi connectivity index (χ1n) is 17.1. The van der Waals surface area contributed by atoms with E-state index >= 15 is 0 Å². The lowest BCUT2D eigenvalue weighted by Crippen LogP contribution is -2.28. The summed E-state index contributed by atoms with van der Waals surface area (Å²) in [5.41, 5.74) is 14.2. The van der Waals surface area contributed by atoms with Crippen LogP contribution in [0.15, 0.2) is 175 Å². The van der Waals surface area contributed by atoms with Crippen molar-refractivity contribution in [2.75, 3.05) is 0 Å². The summed E-state index contributed by atoms with van der Waals surface area (Å²) in [5.74, 6) is 0.918. The molecule has 0 saturated heterocycles. The molecular formula is C47H29N3S. The number of fused-ring (bicyclic) bond motifs is 6. The van der Waals surface area contributed by atoms with Crippen LogP contribution in [0, 0.1) is 11.3 Å². The van der Waals surface area contributed by atoms with Gasteiger partial charge in [0.25, 0.3) is 0 Å². The van der Waals surface area contributed by atoms with Crippen molar-refractivity contribution in [2.45, 2.75) is 5.41 Å². The molecule has 1 atom stereocenters. The van der Waals surface area contributed by atoms with Gasteiger partial charge >= 0.3 is 0 Å². The molecule has 0 aliphatic heterocycles. The minimum atomic E-state index is -0.538. The maximum Gasteiger partial charge on any atom is 0.145 e. The molecule has 1 aliphatic rings. The van der Waals surface area contributed by atoms with Gasteiger partial charge in [-0.15, -0.1) is 11.3 Å². The molecule has 0 spiro atoms. The van der Waals surface area contributed by atoms with Gasteiger partial charge in [-0.05, 0) is 86.8 Å². The number of thiophene rings is 1. The van der Waals surface area contributed by atoms with Gasteiger partial charge in [0.15, 0.2) is 0 Å². The van der Waals surface area contributed by atoms with Crippen molar-refractivity contribution in [3.05, 3.63) is 203 Å². The maximum absolute atomic E-state index is 9.47. The number of imidazole rings is 1. The van der Waals surface area contributed by atoms with Gasteiger partial charge in [0.2, 0.25) is 0 Å². The highest BCUT2D eigenvalue weighted by Gasteiger charge is 2.47. The molecule has 0 bridgehead atoms. The average Bonchev–Trinajstić information content (AvgIpc) is 3.90. The Morgan fingerprint density at radius 3 is 2.02 bits per heavy atom. The van der Waals surface area contributed by atoms with Crippen molar-refractivity contribution in [1.29, 1.82) is 5.26 Å². The van der Waals surface area contributed by atoms with Gasteiger partial charge in [-0.25, -0.2) is 4.98 Å². The Bertz CT molecular complexity index is 2790. The maximum atomic E-state index is 9.47. The van der Waals surface area contributed by atoms with Crippen LogP contribution in [-0.4, -0.2) is 9.55 Å². The van der Waals surface area contributed by atoms with Gasteiger partial charge in [0.1, 0.15) is 5.82 Å². The number of nitrogens with zero attached hydrogens (tertiary/aromatic N) is 3. The quantitative estimate of drug-likeness (QED) is 0.183. The Hall–Kier alpha value is -6.54. The summed E-state index contributed by atoms with van der Waals surface area (Å²) in [7, 11) is 0. The molecule has 10 rings (SSSR count). The second kappa shape index (κ2) is 11.5. The lowest BCUT2D eigenvalue weighted by molar-refractivity contribution is 0.769. The Balaban J connectivity index is 1.22. The number of hydrogen-bond donors (Lipinski definition) is 0. The lowest BCUT2D eigenvalue weighted by atomic mass is 9.67. The van der Waals surface area contributed by atoms with Crippen LogP contribution in [0.25, 0.3) is 60.4 Å². The summed E-state index contributed by atoms with van der Waals surface area (Å²) < 4.78 is 3.51. The van der Waals surface area contributed by atoms with E-state index in [0.29, 0.717) is 5.56 Å². The van der Waals surface area contributed by atoms with Crippen LogP contribution in [0.2, 0.25) is 0 Å². The number of benzene rings is 7. The van der Waals surface area contributed by atoms with Crippen LogP contribution in [-0.2, 0) is 5.41 Å². The highest BCUT2D eigenvalue weighted by atomic mass is 32.1. The topological polar surface area (TPSA) is 41.6 Å². The normalized spacial score (nSPS) is 14.7. The summed E-state index contributed by atoms with van der Waals surface area (Å²) in [6, 6.07) is 62.7. The molecule has 0 N–H and O–H groups in total. The average molecular weight is 668 g/mol. The minimum Gasteiger partial charge on any atom is -0.292 e. The summed E-state index contributed by atoms with van der Waals surface area (Å²) in [4.78, 5) is 5.16. The van der Waals surface area contributed by atoms with E-state index in [0.717, 1.165) is 33.7 Å². The first-order chi connectivity index (χ1) is 25.3. The van der Waals surface area contributed by atoms with Gasteiger partial charge in [0.05, 0.1) is 28.1 Å². The minimum absolute atomic E-state index is 0.538. The molecule has 2 aromatic heterocycles. The molecule has 3 nitrogen and oxygen atoms in total. The Morgan fingerprint density at radius 2 is 1.24 bits per heavy atom. The third kappa shape index (κ3) is 4.32. The van der Waals surface area contributed by atoms with Crippen LogP contribution in [0.1, 0.15) is 27.8 Å². The second-order valence-corrected chi connectivity index (χ2v) is 13.9. The van der Waals surface area contributed by atoms with E-state index in [2.05, 4.69) is 168 Å². The van der Waals surface area contributed by atoms with Crippen molar-refractivity contribution >= 4 is 32.5 Å². The summed E-state index contributed by atoms with van der Waals surface area (Å²) in [6.07, 6.45) is 0. The van der Waals surface area contributed by atoms with Crippen LogP contribution < -0.4 is 0 Å². The number of hydrogen-bond acceptors (Lipinski definition) is 3. The van der Waals surface area contributed by atoms with E-state index in [1.54, 1.807) is 11.3 Å². The van der Waals surface area contributed by atoms with Gasteiger partial charge < -0.3 is 0 Å². The van der Waals surface area contributed by atoms with Gasteiger partial charge in [0, 0.05) is 26.9 Å². The number of para-hydroxylation sites is 3. The number of aromatic nitrogens is 2. The summed E-state index contributed by atoms with van der Waals surface area (Å²) >= 11 is 1.78. The molecule has 9 aromatic rings. The molecular weight excluding hydrogens is 639 g/mol. The predicted octanol–water partition coefficient (Wildman–Crippen LogP) is 11.8. The zero-order valence-electron chi connectivity index (χ0n) is 27.5. The molecule has 0 amide bonds. The molecule has 0 fully saturated rings. The SMILES string of the molecule is N#Cc1ccc(-c2csc3ccc4c(c23)-c2ccccc2C4(c2ccccc2)c2ccc(-c3nc4ccccc4n3-c3ccccc3)cc2)cc1. The zero-order chi connectivity index (χ0) is 33.9. The highest BCUT2D eigenvalue weighted by Crippen LogP contribution is 2.59. The van der Waals surface area contributed by atoms with Gasteiger partial charge in [-0.3, -0.25) is 4.57 Å². The molecule has 7 aromatic carbocycles. The molecule has 1 aliphatic carbocycles. The fourth-order valence-corrected chi connectivity index (χ4v) is 9.21. The van der Waals surface area contributed by atoms with Crippen LogP contribution in [0.4, 0.5) is 0 Å². The van der Waals surface area contributed by atoms with E-state index in [4.69, 9.17) is 4.98 Å². The second-order valence-electron chi connectivity index (χ2n) is 13.0. The first kappa shape index (κ1) is 29.4. The third-order valence-corrected chi connectivity index (χ3v) is 11.4. The smallest absolute Gasteiger partial charge is 0.145 e. The molecule has 0 saturated carbocycles. The fourth-order valence-electron chi connectivity index (χ4n) is 8.24. The molecule has 0 radical (unpaired) electrons. The first-order valence-corrected chi connectivity index (χ1v) is 18.0. The highest BCUT2D eigenvalue weighted by molar-refractivity contribution is 7.17. The largest absolute Gasteiger partial charge is 0.292 e. The number of nitriles is 1. The number of rotatable bonds is 5. The van der Waals surface area contributed by atoms with E-state index in [9.17, 15) is 5.26 Å². The van der Waals surface area contributed by atoms with E-state index in [-0.39, 0.29) is 0 Å². The van der Waals surface area contributed by atoms with Crippen LogP contribution in [0.3, 0.4) is 0 Å². The lowest BCUT2D eigenvalue weighted by Gasteiger charge is -2.34.